The van der Waals surface area contributed by atoms with E-state index in [4.69, 9.17) is 26.4 Å². The Morgan fingerprint density at radius 1 is 1.20 bits per heavy atom. The molecule has 0 N–H and O–H groups in total. The van der Waals surface area contributed by atoms with Crippen molar-refractivity contribution in [3.63, 3.8) is 0 Å². The molecule has 2 aromatic carbocycles. The van der Waals surface area contributed by atoms with Gasteiger partial charge in [0.25, 0.3) is 5.91 Å². The minimum atomic E-state index is -0.0457. The van der Waals surface area contributed by atoms with Gasteiger partial charge in [0.1, 0.15) is 16.2 Å². The number of benzene rings is 2. The molecule has 2 heterocycles. The summed E-state index contributed by atoms with van der Waals surface area (Å²) in [5.74, 6) is 2.25. The lowest BCUT2D eigenvalue weighted by Gasteiger charge is -2.15. The molecule has 4 rings (SSSR count). The molecule has 156 valence electrons. The predicted molar refractivity (Wildman–Crippen MR) is 123 cm³/mol. The highest BCUT2D eigenvalue weighted by Crippen LogP contribution is 2.35. The Balaban J connectivity index is 1.46. The van der Waals surface area contributed by atoms with Crippen LogP contribution in [0.15, 0.2) is 41.3 Å². The summed E-state index contributed by atoms with van der Waals surface area (Å²) in [6.45, 7) is 2.58. The van der Waals surface area contributed by atoms with E-state index < -0.39 is 0 Å². The van der Waals surface area contributed by atoms with E-state index >= 15 is 0 Å². The second-order valence-corrected chi connectivity index (χ2v) is 8.95. The van der Waals surface area contributed by atoms with Gasteiger partial charge in [-0.3, -0.25) is 9.69 Å². The molecule has 2 aliphatic rings. The molecule has 1 fully saturated rings. The van der Waals surface area contributed by atoms with Gasteiger partial charge in [0.05, 0.1) is 19.1 Å². The largest absolute Gasteiger partial charge is 0.493 e. The molecule has 2 aliphatic heterocycles. The van der Waals surface area contributed by atoms with Crippen LogP contribution in [0.25, 0.3) is 6.08 Å². The number of rotatable bonds is 6. The van der Waals surface area contributed by atoms with Crippen LogP contribution < -0.4 is 14.2 Å². The summed E-state index contributed by atoms with van der Waals surface area (Å²) in [6.07, 6.45) is 3.68. The zero-order valence-electron chi connectivity index (χ0n) is 17.1. The third-order valence-corrected chi connectivity index (χ3v) is 6.54. The fourth-order valence-corrected chi connectivity index (χ4v) is 4.96. The molecule has 0 unspecified atom stereocenters. The van der Waals surface area contributed by atoms with Gasteiger partial charge >= 0.3 is 0 Å². The molecule has 1 saturated heterocycles. The molecule has 0 radical (unpaired) electrons. The summed E-state index contributed by atoms with van der Waals surface area (Å²) in [5.41, 5.74) is 3.23. The van der Waals surface area contributed by atoms with E-state index in [-0.39, 0.29) is 12.0 Å². The third kappa shape index (κ3) is 4.18. The van der Waals surface area contributed by atoms with Crippen LogP contribution in [0, 0.1) is 0 Å². The monoisotopic (exact) mass is 441 g/mol. The Bertz CT molecular complexity index is 1030. The molecule has 7 heteroatoms. The van der Waals surface area contributed by atoms with Crippen LogP contribution in [0.2, 0.25) is 0 Å². The second kappa shape index (κ2) is 8.70. The van der Waals surface area contributed by atoms with Crippen molar-refractivity contribution in [3.05, 3.63) is 58.0 Å². The molecule has 5 nitrogen and oxygen atoms in total. The summed E-state index contributed by atoms with van der Waals surface area (Å²) >= 11 is 6.82. The Morgan fingerprint density at radius 2 is 2.00 bits per heavy atom. The summed E-state index contributed by atoms with van der Waals surface area (Å²) < 4.78 is 17.0. The Labute approximate surface area is 186 Å². The molecular formula is C23H23NO4S2. The Morgan fingerprint density at radius 3 is 2.77 bits per heavy atom. The lowest BCUT2D eigenvalue weighted by molar-refractivity contribution is -0.122. The lowest BCUT2D eigenvalue weighted by atomic mass is 10.1. The average molecular weight is 442 g/mol. The zero-order chi connectivity index (χ0) is 21.3. The highest BCUT2D eigenvalue weighted by atomic mass is 32.2. The summed E-state index contributed by atoms with van der Waals surface area (Å²) in [7, 11) is 3.22. The number of ether oxygens (including phenoxy) is 3. The van der Waals surface area contributed by atoms with Gasteiger partial charge in [0, 0.05) is 13.0 Å². The van der Waals surface area contributed by atoms with Crippen molar-refractivity contribution < 1.29 is 19.0 Å². The van der Waals surface area contributed by atoms with Gasteiger partial charge in [-0.25, -0.2) is 0 Å². The maximum atomic E-state index is 12.9. The number of methoxy groups -OCH3 is 2. The van der Waals surface area contributed by atoms with Crippen molar-refractivity contribution in [3.8, 4) is 17.2 Å². The van der Waals surface area contributed by atoms with Crippen LogP contribution in [0.3, 0.4) is 0 Å². The standard InChI is InChI=1S/C23H23NO4S2/c1-14-10-17-11-16(5-6-18(17)28-14)13-21-22(25)24(23(29)30-21)9-8-15-4-7-19(26-2)20(12-15)27-3/h4-7,11-14H,8-10H2,1-3H3/b21-13-/t14-/m1/s1. The van der Waals surface area contributed by atoms with Gasteiger partial charge in [-0.15, -0.1) is 0 Å². The smallest absolute Gasteiger partial charge is 0.266 e. The van der Waals surface area contributed by atoms with Gasteiger partial charge in [-0.2, -0.15) is 0 Å². The number of nitrogens with zero attached hydrogens (tertiary/aromatic N) is 1. The highest BCUT2D eigenvalue weighted by Gasteiger charge is 2.31. The quantitative estimate of drug-likeness (QED) is 0.487. The van der Waals surface area contributed by atoms with Gasteiger partial charge in [-0.05, 0) is 60.4 Å². The first-order chi connectivity index (χ1) is 14.5. The molecule has 0 bridgehead atoms. The van der Waals surface area contributed by atoms with E-state index in [1.807, 2.05) is 36.4 Å². The fraction of sp³-hybridized carbons (Fsp3) is 0.304. The second-order valence-electron chi connectivity index (χ2n) is 7.27. The minimum absolute atomic E-state index is 0.0457. The highest BCUT2D eigenvalue weighted by molar-refractivity contribution is 8.26. The summed E-state index contributed by atoms with van der Waals surface area (Å²) in [4.78, 5) is 15.3. The predicted octanol–water partition coefficient (Wildman–Crippen LogP) is 4.47. The van der Waals surface area contributed by atoms with Crippen LogP contribution in [0.1, 0.15) is 23.6 Å². The van der Waals surface area contributed by atoms with Crippen molar-refractivity contribution in [2.45, 2.75) is 25.9 Å². The molecular weight excluding hydrogens is 418 g/mol. The van der Waals surface area contributed by atoms with E-state index in [0.29, 0.717) is 33.7 Å². The summed E-state index contributed by atoms with van der Waals surface area (Å²) in [5, 5.41) is 0. The first-order valence-electron chi connectivity index (χ1n) is 9.74. The number of fused-ring (bicyclic) bond motifs is 1. The molecule has 2 aromatic rings. The molecule has 0 saturated carbocycles. The number of carbonyl (C=O) groups excluding carboxylic acids is 1. The number of hydrogen-bond donors (Lipinski definition) is 0. The maximum absolute atomic E-state index is 12.9. The molecule has 0 aromatic heterocycles. The van der Waals surface area contributed by atoms with E-state index in [1.54, 1.807) is 19.1 Å². The summed E-state index contributed by atoms with van der Waals surface area (Å²) in [6, 6.07) is 11.8. The van der Waals surface area contributed by atoms with Crippen LogP contribution in [-0.2, 0) is 17.6 Å². The number of carbonyl (C=O) groups is 1. The van der Waals surface area contributed by atoms with Crippen LogP contribution in [-0.4, -0.2) is 42.0 Å². The third-order valence-electron chi connectivity index (χ3n) is 5.16. The van der Waals surface area contributed by atoms with Gasteiger partial charge in [0.15, 0.2) is 11.5 Å². The number of amides is 1. The van der Waals surface area contributed by atoms with Gasteiger partial charge in [0.2, 0.25) is 0 Å². The number of hydrogen-bond acceptors (Lipinski definition) is 6. The van der Waals surface area contributed by atoms with Gasteiger partial charge < -0.3 is 14.2 Å². The lowest BCUT2D eigenvalue weighted by Crippen LogP contribution is -2.30. The topological polar surface area (TPSA) is 48.0 Å². The number of thiocarbonyl (C=S) groups is 1. The SMILES string of the molecule is COc1ccc(CCN2C(=O)/C(=C/c3ccc4c(c3)C[C@@H](C)O4)SC2=S)cc1OC. The van der Waals surface area contributed by atoms with Crippen LogP contribution in [0.5, 0.6) is 17.2 Å². The Kier molecular flexibility index (Phi) is 6.01. The number of thioether (sulfide) groups is 1. The van der Waals surface area contributed by atoms with Crippen molar-refractivity contribution in [1.82, 2.24) is 4.90 Å². The first-order valence-corrected chi connectivity index (χ1v) is 11.0. The van der Waals surface area contributed by atoms with Crippen LogP contribution >= 0.6 is 24.0 Å². The fourth-order valence-electron chi connectivity index (χ4n) is 3.65. The zero-order valence-corrected chi connectivity index (χ0v) is 18.8. The van der Waals surface area contributed by atoms with Crippen molar-refractivity contribution in [2.75, 3.05) is 20.8 Å². The van der Waals surface area contributed by atoms with E-state index in [9.17, 15) is 4.79 Å². The van der Waals surface area contributed by atoms with Crippen molar-refractivity contribution >= 4 is 40.3 Å². The Hall–Kier alpha value is -2.51. The van der Waals surface area contributed by atoms with Crippen LogP contribution in [0.4, 0.5) is 0 Å². The molecule has 0 aliphatic carbocycles. The maximum Gasteiger partial charge on any atom is 0.266 e. The average Bonchev–Trinajstić information content (AvgIpc) is 3.24. The van der Waals surface area contributed by atoms with Crippen molar-refractivity contribution in [2.24, 2.45) is 0 Å². The molecule has 0 spiro atoms. The molecule has 1 amide bonds. The minimum Gasteiger partial charge on any atom is -0.493 e. The van der Waals surface area contributed by atoms with Gasteiger partial charge in [-0.1, -0.05) is 36.1 Å². The first kappa shape index (κ1) is 20.8. The normalized spacial score (nSPS) is 19.2. The molecule has 1 atom stereocenters. The van der Waals surface area contributed by atoms with Crippen molar-refractivity contribution in [1.29, 1.82) is 0 Å². The van der Waals surface area contributed by atoms with E-state index in [2.05, 4.69) is 13.0 Å². The van der Waals surface area contributed by atoms with E-state index in [1.165, 1.54) is 17.3 Å². The van der Waals surface area contributed by atoms with E-state index in [0.717, 1.165) is 23.3 Å². The molecule has 30 heavy (non-hydrogen) atoms.